The van der Waals surface area contributed by atoms with Gasteiger partial charge in [-0.15, -0.1) is 0 Å². The van der Waals surface area contributed by atoms with Gasteiger partial charge in [0.05, 0.1) is 56.6 Å². The van der Waals surface area contributed by atoms with Crippen molar-refractivity contribution in [1.82, 2.24) is 68.9 Å². The van der Waals surface area contributed by atoms with Gasteiger partial charge in [0.15, 0.2) is 23.3 Å². The third-order valence-corrected chi connectivity index (χ3v) is 14.7. The molecule has 0 bridgehead atoms. The van der Waals surface area contributed by atoms with Gasteiger partial charge in [-0.1, -0.05) is 12.1 Å². The van der Waals surface area contributed by atoms with Gasteiger partial charge in [-0.05, 0) is 182 Å². The first-order valence-electron chi connectivity index (χ1n) is 26.6. The van der Waals surface area contributed by atoms with Crippen LogP contribution in [0.1, 0.15) is 63.3 Å². The van der Waals surface area contributed by atoms with Crippen LogP contribution in [-0.2, 0) is 6.18 Å². The van der Waals surface area contributed by atoms with E-state index in [1.54, 1.807) is 12.1 Å². The van der Waals surface area contributed by atoms with Gasteiger partial charge in [0.25, 0.3) is 0 Å². The molecule has 6 aromatic heterocycles. The Balaban J connectivity index is 1.09. The van der Waals surface area contributed by atoms with E-state index in [0.717, 1.165) is 78.0 Å². The molecule has 0 N–H and O–H groups in total. The summed E-state index contributed by atoms with van der Waals surface area (Å²) in [6, 6.07) is 42.9. The van der Waals surface area contributed by atoms with Crippen LogP contribution in [0.2, 0.25) is 0 Å². The molecule has 13 aromatic rings. The highest BCUT2D eigenvalue weighted by Gasteiger charge is 2.32. The van der Waals surface area contributed by atoms with E-state index >= 15 is 0 Å². The number of halogens is 3. The predicted octanol–water partition coefficient (Wildman–Crippen LogP) is 13.9. The maximum Gasteiger partial charge on any atom is 0.416 e. The van der Waals surface area contributed by atoms with Gasteiger partial charge < -0.3 is 9.13 Å². The smallest absolute Gasteiger partial charge is 0.309 e. The fraction of sp³-hybridized carbons (Fsp3) is 0.138. The van der Waals surface area contributed by atoms with Crippen LogP contribution in [0.15, 0.2) is 127 Å². The molecule has 13 rings (SSSR count). The minimum atomic E-state index is -4.69. The van der Waals surface area contributed by atoms with Crippen LogP contribution >= 0.6 is 0 Å². The number of hydrogen-bond acceptors (Lipinski definition) is 14. The zero-order valence-corrected chi connectivity index (χ0v) is 46.4. The molecule has 0 spiro atoms. The standard InChI is InChI=1S/C65H45F3N16/c1-32-71-33(2)76-61(75-32)41-11-19-56-52(25-41)53-26-42(62-77-34(3)72-35(4)78-62)12-20-57(53)83(56)48-16-9-45(30-69)50(29-48)51-24-40(49-17-15-47(65(66,67)68)23-46(49)31-70)10-18-58(51)84-59-21-13-43(63-79-36(5)73-37(6)80-63)27-54(59)55-28-44(14-22-60(55)84)64-81-38(7)74-39(8)82-64/h9-29H,1-8H3. The highest BCUT2D eigenvalue weighted by Crippen LogP contribution is 2.44. The average Bonchev–Trinajstić information content (AvgIpc) is 1.71. The van der Waals surface area contributed by atoms with Crippen molar-refractivity contribution in [3.63, 3.8) is 0 Å². The number of aromatic nitrogens is 14. The lowest BCUT2D eigenvalue weighted by atomic mass is 9.91. The van der Waals surface area contributed by atoms with Gasteiger partial charge >= 0.3 is 6.18 Å². The molecular formula is C65H45F3N16. The Kier molecular flexibility index (Phi) is 12.4. The molecule has 0 saturated carbocycles. The summed E-state index contributed by atoms with van der Waals surface area (Å²) in [4.78, 5) is 55.3. The molecule has 7 aromatic carbocycles. The summed E-state index contributed by atoms with van der Waals surface area (Å²) in [7, 11) is 0. The molecule has 19 heteroatoms. The Morgan fingerprint density at radius 1 is 0.333 bits per heavy atom. The number of rotatable bonds is 8. The summed E-state index contributed by atoms with van der Waals surface area (Å²) in [5, 5.41) is 25.1. The highest BCUT2D eigenvalue weighted by atomic mass is 19.4. The molecule has 0 radical (unpaired) electrons. The van der Waals surface area contributed by atoms with E-state index in [4.69, 9.17) is 39.9 Å². The second-order valence-electron chi connectivity index (χ2n) is 20.6. The first-order valence-corrected chi connectivity index (χ1v) is 26.6. The van der Waals surface area contributed by atoms with Crippen LogP contribution < -0.4 is 0 Å². The lowest BCUT2D eigenvalue weighted by Crippen LogP contribution is -2.05. The summed E-state index contributed by atoms with van der Waals surface area (Å²) in [5.41, 5.74) is 8.51. The van der Waals surface area contributed by atoms with Gasteiger partial charge in [0.1, 0.15) is 46.6 Å². The Bertz CT molecular complexity index is 4750. The van der Waals surface area contributed by atoms with E-state index in [0.29, 0.717) is 104 Å². The lowest BCUT2D eigenvalue weighted by Gasteiger charge is -2.19. The van der Waals surface area contributed by atoms with Crippen molar-refractivity contribution in [3.8, 4) is 91.3 Å². The number of benzene rings is 7. The quantitative estimate of drug-likeness (QED) is 0.138. The molecule has 0 amide bonds. The molecule has 0 saturated heterocycles. The third-order valence-electron chi connectivity index (χ3n) is 14.7. The van der Waals surface area contributed by atoms with Gasteiger partial charge in [0, 0.05) is 60.6 Å². The molecule has 6 heterocycles. The number of fused-ring (bicyclic) bond motifs is 6. The topological polar surface area (TPSA) is 212 Å². The Labute approximate surface area is 477 Å². The van der Waals surface area contributed by atoms with E-state index in [1.807, 2.05) is 146 Å². The lowest BCUT2D eigenvalue weighted by molar-refractivity contribution is -0.137. The van der Waals surface area contributed by atoms with E-state index < -0.39 is 11.7 Å². The van der Waals surface area contributed by atoms with Crippen molar-refractivity contribution in [1.29, 1.82) is 10.5 Å². The average molecular weight is 1110 g/mol. The maximum absolute atomic E-state index is 14.2. The van der Waals surface area contributed by atoms with Crippen LogP contribution in [0.4, 0.5) is 13.2 Å². The zero-order chi connectivity index (χ0) is 58.5. The molecular weight excluding hydrogens is 1060 g/mol. The second-order valence-corrected chi connectivity index (χ2v) is 20.6. The number of nitrogens with zero attached hydrogens (tertiary/aromatic N) is 16. The molecule has 0 unspecified atom stereocenters. The minimum absolute atomic E-state index is 0.170. The molecule has 406 valence electrons. The fourth-order valence-corrected chi connectivity index (χ4v) is 11.3. The molecule has 0 fully saturated rings. The summed E-state index contributed by atoms with van der Waals surface area (Å²) < 4.78 is 46.9. The van der Waals surface area contributed by atoms with Gasteiger partial charge in [-0.25, -0.2) is 59.8 Å². The normalized spacial score (nSPS) is 11.7. The summed E-state index contributed by atoms with van der Waals surface area (Å²) in [6.07, 6.45) is -4.69. The molecule has 0 aliphatic carbocycles. The molecule has 84 heavy (non-hydrogen) atoms. The van der Waals surface area contributed by atoms with E-state index in [1.165, 1.54) is 6.07 Å². The van der Waals surface area contributed by atoms with Gasteiger partial charge in [-0.2, -0.15) is 23.7 Å². The van der Waals surface area contributed by atoms with Crippen molar-refractivity contribution >= 4 is 43.6 Å². The Morgan fingerprint density at radius 3 is 1.07 bits per heavy atom. The predicted molar refractivity (Wildman–Crippen MR) is 314 cm³/mol. The first kappa shape index (κ1) is 52.3. The Morgan fingerprint density at radius 2 is 0.702 bits per heavy atom. The van der Waals surface area contributed by atoms with Crippen molar-refractivity contribution < 1.29 is 13.2 Å². The van der Waals surface area contributed by atoms with Crippen molar-refractivity contribution in [2.45, 2.75) is 61.6 Å². The monoisotopic (exact) mass is 1110 g/mol. The summed E-state index contributed by atoms with van der Waals surface area (Å²) in [6.45, 7) is 14.6. The maximum atomic E-state index is 14.2. The SMILES string of the molecule is Cc1nc(C)nc(-c2ccc3c(c2)c2cc(-c4nc(C)nc(C)n4)ccc2n3-c2ccc(C#N)c(-c3cc(-c4ccc(C(F)(F)F)cc4C#N)ccc3-n3c4ccc(-c5nc(C)nc(C)n5)cc4c4cc(-c5nc(C)nc(C)n5)ccc43)c2)n1. The summed E-state index contributed by atoms with van der Waals surface area (Å²) in [5.74, 6) is 6.66. The minimum Gasteiger partial charge on any atom is -0.309 e. The highest BCUT2D eigenvalue weighted by molar-refractivity contribution is 6.13. The van der Waals surface area contributed by atoms with Crippen LogP contribution in [-0.4, -0.2) is 68.9 Å². The van der Waals surface area contributed by atoms with E-state index in [2.05, 4.69) is 47.3 Å². The zero-order valence-electron chi connectivity index (χ0n) is 46.4. The Hall–Kier alpha value is -11.1. The number of aryl methyl sites for hydroxylation is 8. The number of nitriles is 2. The fourth-order valence-electron chi connectivity index (χ4n) is 11.3. The molecule has 0 aliphatic rings. The van der Waals surface area contributed by atoms with E-state index in [9.17, 15) is 23.7 Å². The van der Waals surface area contributed by atoms with Crippen molar-refractivity contribution in [3.05, 3.63) is 191 Å². The van der Waals surface area contributed by atoms with Crippen molar-refractivity contribution in [2.75, 3.05) is 0 Å². The van der Waals surface area contributed by atoms with Crippen LogP contribution in [0.5, 0.6) is 0 Å². The number of alkyl halides is 3. The number of hydrogen-bond donors (Lipinski definition) is 0. The van der Waals surface area contributed by atoms with Crippen molar-refractivity contribution in [2.24, 2.45) is 0 Å². The third kappa shape index (κ3) is 9.23. The largest absolute Gasteiger partial charge is 0.416 e. The summed E-state index contributed by atoms with van der Waals surface area (Å²) >= 11 is 0. The van der Waals surface area contributed by atoms with Crippen LogP contribution in [0, 0.1) is 78.1 Å². The molecule has 0 aliphatic heterocycles. The second kappa shape index (κ2) is 19.9. The van der Waals surface area contributed by atoms with Crippen LogP contribution in [0.3, 0.4) is 0 Å². The molecule has 16 nitrogen and oxygen atoms in total. The van der Waals surface area contributed by atoms with Crippen LogP contribution in [0.25, 0.3) is 123 Å². The molecule has 0 atom stereocenters. The van der Waals surface area contributed by atoms with E-state index in [-0.39, 0.29) is 11.1 Å². The van der Waals surface area contributed by atoms with Gasteiger partial charge in [0.2, 0.25) is 0 Å². The first-order chi connectivity index (χ1) is 40.4. The van der Waals surface area contributed by atoms with Gasteiger partial charge in [-0.3, -0.25) is 0 Å².